The summed E-state index contributed by atoms with van der Waals surface area (Å²) in [5, 5.41) is 0. The molecule has 2 aliphatic rings. The van der Waals surface area contributed by atoms with Crippen LogP contribution in [0, 0.1) is 55.3 Å². The van der Waals surface area contributed by atoms with Crippen molar-refractivity contribution in [2.45, 2.75) is 157 Å². The van der Waals surface area contributed by atoms with E-state index in [0.717, 1.165) is 24.7 Å². The Hall–Kier alpha value is -3.64. The summed E-state index contributed by atoms with van der Waals surface area (Å²) in [6, 6.07) is 28.6. The summed E-state index contributed by atoms with van der Waals surface area (Å²) in [6.07, 6.45) is 26.7. The number of aryl methyl sites for hydroxylation is 2. The molecule has 0 amide bonds. The first-order valence-electron chi connectivity index (χ1n) is 24.1. The molecular weight excluding hydrogens is 709 g/mol. The van der Waals surface area contributed by atoms with Gasteiger partial charge in [0.05, 0.1) is 0 Å². The van der Waals surface area contributed by atoms with Crippen molar-refractivity contribution in [1.29, 1.82) is 0 Å². The van der Waals surface area contributed by atoms with Gasteiger partial charge in [-0.3, -0.25) is 0 Å². The molecule has 0 spiro atoms. The van der Waals surface area contributed by atoms with Crippen molar-refractivity contribution in [3.8, 4) is 0 Å². The van der Waals surface area contributed by atoms with Gasteiger partial charge in [0.1, 0.15) is 0 Å². The largest absolute Gasteiger partial charge is 0.103 e. The van der Waals surface area contributed by atoms with Gasteiger partial charge < -0.3 is 0 Å². The quantitative estimate of drug-likeness (QED) is 0.0702. The van der Waals surface area contributed by atoms with E-state index in [1.807, 2.05) is 0 Å². The minimum atomic E-state index is 0.401. The lowest BCUT2D eigenvalue weighted by Gasteiger charge is -2.40. The normalized spacial score (nSPS) is 17.4. The summed E-state index contributed by atoms with van der Waals surface area (Å²) in [6.45, 7) is 34.3. The molecule has 2 aliphatic carbocycles. The maximum Gasteiger partial charge on any atom is -0.00531 e. The highest BCUT2D eigenvalue weighted by molar-refractivity contribution is 5.70. The minimum absolute atomic E-state index is 0.401. The molecule has 5 unspecified atom stereocenters. The van der Waals surface area contributed by atoms with E-state index in [2.05, 4.69) is 139 Å². The Kier molecular flexibility index (Phi) is 21.1. The highest BCUT2D eigenvalue weighted by atomic mass is 14.4. The van der Waals surface area contributed by atoms with Crippen LogP contribution in [0.15, 0.2) is 129 Å². The number of benzene rings is 3. The standard InChI is InChI=1S/C32H44.C27H40/c1-6-7-16-24(2)26(4)32(29-20-12-9-13-21-29)31(23-28-18-10-8-11-19-28)27(5)30-22-15-14-17-25(30)3;1-6-8-10-17-22(4)27(24-18-11-9-12-19-24)26(15-7-2)23(5)25-20-14-13-16-21(25)3/h8,10-11,14-15,17-19,22,24,29,31-32H,4-7,9,12-13,16,20-21,23H2,1-3H3;7,13-14,16,20,24,26-27H,2,4-6,8-12,15,17-19H2,1,3H3. The fraction of sp³-hybridized carbons (Fsp3) is 0.525. The number of rotatable bonds is 22. The van der Waals surface area contributed by atoms with Gasteiger partial charge in [-0.1, -0.05) is 207 Å². The Balaban J connectivity index is 0.000000265. The number of unbranched alkanes of at least 4 members (excludes halogenated alkanes) is 3. The first kappa shape index (κ1) is 48.0. The molecule has 320 valence electrons. The molecule has 2 saturated carbocycles. The van der Waals surface area contributed by atoms with Gasteiger partial charge in [-0.2, -0.15) is 0 Å². The van der Waals surface area contributed by atoms with Crippen molar-refractivity contribution in [2.24, 2.45) is 41.4 Å². The molecular formula is C59H84. The van der Waals surface area contributed by atoms with Crippen LogP contribution < -0.4 is 0 Å². The van der Waals surface area contributed by atoms with E-state index in [1.165, 1.54) is 159 Å². The van der Waals surface area contributed by atoms with E-state index in [1.54, 1.807) is 0 Å². The molecule has 0 bridgehead atoms. The maximum atomic E-state index is 4.80. The third-order valence-corrected chi connectivity index (χ3v) is 14.4. The third-order valence-electron chi connectivity index (χ3n) is 14.4. The molecule has 0 saturated heterocycles. The second-order valence-corrected chi connectivity index (χ2v) is 18.7. The monoisotopic (exact) mass is 793 g/mol. The zero-order chi connectivity index (χ0) is 42.6. The molecule has 0 heterocycles. The van der Waals surface area contributed by atoms with Crippen LogP contribution >= 0.6 is 0 Å². The summed E-state index contributed by atoms with van der Waals surface area (Å²) in [7, 11) is 0. The molecule has 2 fully saturated rings. The third kappa shape index (κ3) is 14.2. The van der Waals surface area contributed by atoms with E-state index in [-0.39, 0.29) is 0 Å². The smallest absolute Gasteiger partial charge is 0.00531 e. The summed E-state index contributed by atoms with van der Waals surface area (Å²) in [5.74, 6) is 3.96. The first-order chi connectivity index (χ1) is 28.6. The minimum Gasteiger partial charge on any atom is -0.103 e. The average Bonchev–Trinajstić information content (AvgIpc) is 3.26. The van der Waals surface area contributed by atoms with Crippen LogP contribution in [0.3, 0.4) is 0 Å². The molecule has 0 heteroatoms. The van der Waals surface area contributed by atoms with Gasteiger partial charge in [0.2, 0.25) is 0 Å². The Bertz CT molecular complexity index is 1720. The van der Waals surface area contributed by atoms with Crippen LogP contribution in [0.5, 0.6) is 0 Å². The molecule has 0 nitrogen and oxygen atoms in total. The lowest BCUT2D eigenvalue weighted by Crippen LogP contribution is -2.31. The van der Waals surface area contributed by atoms with Crippen LogP contribution in [0.4, 0.5) is 0 Å². The number of hydrogen-bond acceptors (Lipinski definition) is 0. The lowest BCUT2D eigenvalue weighted by atomic mass is 9.64. The molecule has 5 atom stereocenters. The zero-order valence-corrected chi connectivity index (χ0v) is 38.6. The molecule has 5 rings (SSSR count). The summed E-state index contributed by atoms with van der Waals surface area (Å²) < 4.78 is 0. The van der Waals surface area contributed by atoms with E-state index >= 15 is 0 Å². The SMILES string of the molecule is C=C(c1ccccc1C)C(Cc1ccccc1)C(C(=C)C(C)CCCC)C1CCCCC1.C=CCC(C(=C)c1ccccc1C)C(C(=C)CCCCC)C1CCCCC1. The lowest BCUT2D eigenvalue weighted by molar-refractivity contribution is 0.223. The second kappa shape index (κ2) is 25.9. The molecule has 59 heavy (non-hydrogen) atoms. The van der Waals surface area contributed by atoms with Gasteiger partial charge in [0.25, 0.3) is 0 Å². The van der Waals surface area contributed by atoms with Crippen LogP contribution in [-0.2, 0) is 6.42 Å². The van der Waals surface area contributed by atoms with Gasteiger partial charge in [0.15, 0.2) is 0 Å². The first-order valence-corrected chi connectivity index (χ1v) is 24.1. The predicted molar refractivity (Wildman–Crippen MR) is 264 cm³/mol. The molecule has 0 radical (unpaired) electrons. The fourth-order valence-corrected chi connectivity index (χ4v) is 10.9. The van der Waals surface area contributed by atoms with Crippen molar-refractivity contribution in [2.75, 3.05) is 0 Å². The van der Waals surface area contributed by atoms with Gasteiger partial charge >= 0.3 is 0 Å². The Morgan fingerprint density at radius 1 is 0.610 bits per heavy atom. The Morgan fingerprint density at radius 2 is 1.10 bits per heavy atom. The van der Waals surface area contributed by atoms with Crippen LogP contribution in [0.25, 0.3) is 11.1 Å². The predicted octanol–water partition coefficient (Wildman–Crippen LogP) is 18.0. The van der Waals surface area contributed by atoms with E-state index in [4.69, 9.17) is 13.2 Å². The molecule has 3 aromatic carbocycles. The highest BCUT2D eigenvalue weighted by Crippen LogP contribution is 2.47. The van der Waals surface area contributed by atoms with Crippen LogP contribution in [-0.4, -0.2) is 0 Å². The highest BCUT2D eigenvalue weighted by Gasteiger charge is 2.37. The average molecular weight is 793 g/mol. The van der Waals surface area contributed by atoms with Gasteiger partial charge in [-0.25, -0.2) is 0 Å². The molecule has 0 aromatic heterocycles. The maximum absolute atomic E-state index is 4.80. The Labute approximate surface area is 364 Å². The summed E-state index contributed by atoms with van der Waals surface area (Å²) >= 11 is 0. The topological polar surface area (TPSA) is 0 Å². The number of allylic oxidation sites excluding steroid dienone is 5. The fourth-order valence-electron chi connectivity index (χ4n) is 10.9. The Morgan fingerprint density at radius 3 is 1.61 bits per heavy atom. The molecule has 3 aromatic rings. The van der Waals surface area contributed by atoms with Gasteiger partial charge in [-0.15, -0.1) is 6.58 Å². The second-order valence-electron chi connectivity index (χ2n) is 18.7. The van der Waals surface area contributed by atoms with Gasteiger partial charge in [0, 0.05) is 0 Å². The van der Waals surface area contributed by atoms with E-state index < -0.39 is 0 Å². The van der Waals surface area contributed by atoms with Crippen molar-refractivity contribution >= 4 is 11.1 Å². The van der Waals surface area contributed by atoms with Crippen molar-refractivity contribution < 1.29 is 0 Å². The van der Waals surface area contributed by atoms with E-state index in [9.17, 15) is 0 Å². The van der Waals surface area contributed by atoms with E-state index in [0.29, 0.717) is 29.6 Å². The van der Waals surface area contributed by atoms with Crippen molar-refractivity contribution in [1.82, 2.24) is 0 Å². The van der Waals surface area contributed by atoms with Crippen LogP contribution in [0.1, 0.15) is 164 Å². The summed E-state index contributed by atoms with van der Waals surface area (Å²) in [4.78, 5) is 0. The summed E-state index contributed by atoms with van der Waals surface area (Å²) in [5.41, 5.74) is 12.3. The van der Waals surface area contributed by atoms with Gasteiger partial charge in [-0.05, 0) is 152 Å². The van der Waals surface area contributed by atoms with Crippen LogP contribution in [0.2, 0.25) is 0 Å². The molecule has 0 N–H and O–H groups in total. The van der Waals surface area contributed by atoms with Crippen molar-refractivity contribution in [3.05, 3.63) is 157 Å². The van der Waals surface area contributed by atoms with Crippen molar-refractivity contribution in [3.63, 3.8) is 0 Å². The number of hydrogen-bond donors (Lipinski definition) is 0. The molecule has 0 aliphatic heterocycles. The zero-order valence-electron chi connectivity index (χ0n) is 38.6.